The molecule has 10 heteroatoms. The Morgan fingerprint density at radius 1 is 1.35 bits per heavy atom. The molecule has 0 bridgehead atoms. The molecule has 0 aliphatic carbocycles. The van der Waals surface area contributed by atoms with Crippen molar-refractivity contribution in [3.63, 3.8) is 0 Å². The van der Waals surface area contributed by atoms with Gasteiger partial charge in [0.15, 0.2) is 6.23 Å². The molecule has 0 radical (unpaired) electrons. The van der Waals surface area contributed by atoms with E-state index in [-0.39, 0.29) is 5.75 Å². The summed E-state index contributed by atoms with van der Waals surface area (Å²) < 4.78 is 3.94. The molecule has 0 heterocycles. The summed E-state index contributed by atoms with van der Waals surface area (Å²) >= 11 is 22.5. The van der Waals surface area contributed by atoms with Gasteiger partial charge in [0.25, 0.3) is 0 Å². The van der Waals surface area contributed by atoms with Gasteiger partial charge >= 0.3 is 0 Å². The van der Waals surface area contributed by atoms with Crippen molar-refractivity contribution in [2.45, 2.75) is 10.0 Å². The first kappa shape index (κ1) is 20.6. The maximum Gasteiger partial charge on any atom is 0.234 e. The summed E-state index contributed by atoms with van der Waals surface area (Å²) in [5.41, 5.74) is 0. The second-order valence-electron chi connectivity index (χ2n) is 4.18. The highest BCUT2D eigenvalue weighted by molar-refractivity contribution is 8.23. The number of aliphatic hydroxyl groups is 1. The Morgan fingerprint density at radius 2 is 2.00 bits per heavy atom. The largest absolute Gasteiger partial charge is 0.492 e. The van der Waals surface area contributed by atoms with E-state index in [2.05, 4.69) is 10.6 Å². The Kier molecular flexibility index (Phi) is 9.34. The van der Waals surface area contributed by atoms with E-state index >= 15 is 0 Å². The van der Waals surface area contributed by atoms with E-state index in [9.17, 15) is 9.90 Å². The number of amides is 1. The average Bonchev–Trinajstić information content (AvgIpc) is 2.49. The minimum atomic E-state index is -1.98. The van der Waals surface area contributed by atoms with E-state index in [1.807, 2.05) is 30.3 Å². The molecule has 128 valence electrons. The molecule has 1 rings (SSSR count). The van der Waals surface area contributed by atoms with Crippen LogP contribution in [0.15, 0.2) is 30.3 Å². The van der Waals surface area contributed by atoms with Gasteiger partial charge in [-0.1, -0.05) is 77.0 Å². The number of hydrogen-bond donors (Lipinski definition) is 3. The number of carbonyl (C=O) groups excluding carboxylic acids is 1. The molecular formula is C13H15Cl3N2O3S2. The van der Waals surface area contributed by atoms with Crippen LogP contribution >= 0.6 is 58.8 Å². The van der Waals surface area contributed by atoms with Crippen LogP contribution < -0.4 is 15.4 Å². The molecule has 0 saturated heterocycles. The predicted molar refractivity (Wildman–Crippen MR) is 99.4 cm³/mol. The molecule has 0 fully saturated rings. The number of halogens is 3. The fourth-order valence-electron chi connectivity index (χ4n) is 1.30. The van der Waals surface area contributed by atoms with Gasteiger partial charge < -0.3 is 20.5 Å². The number of benzene rings is 1. The van der Waals surface area contributed by atoms with Gasteiger partial charge in [0.2, 0.25) is 9.70 Å². The monoisotopic (exact) mass is 416 g/mol. The molecule has 0 unspecified atom stereocenters. The van der Waals surface area contributed by atoms with E-state index in [0.29, 0.717) is 17.5 Å². The second-order valence-corrected chi connectivity index (χ2v) is 8.20. The Hall–Kier alpha value is -0.440. The van der Waals surface area contributed by atoms with Crippen molar-refractivity contribution in [2.75, 3.05) is 18.9 Å². The van der Waals surface area contributed by atoms with Gasteiger partial charge in [0, 0.05) is 0 Å². The number of hydrogen-bond acceptors (Lipinski definition) is 5. The standard InChI is InChI=1S/C13H15Cl3N2O3S2/c14-13(15,16)11(20)18-10(19)8-23-12(22)17-6-7-21-9-4-2-1-3-5-9/h1-5,11,20H,6-8H2,(H,17,22)(H,18,19)/t11-/m1/s1. The molecule has 0 aliphatic rings. The molecule has 1 amide bonds. The third-order valence-corrected chi connectivity index (χ3v) is 4.26. The second kappa shape index (κ2) is 10.4. The highest BCUT2D eigenvalue weighted by Gasteiger charge is 2.31. The molecule has 1 aromatic carbocycles. The highest BCUT2D eigenvalue weighted by atomic mass is 35.6. The number of thioether (sulfide) groups is 1. The van der Waals surface area contributed by atoms with Crippen LogP contribution in [-0.4, -0.2) is 44.3 Å². The fraction of sp³-hybridized carbons (Fsp3) is 0.385. The number of carbonyl (C=O) groups is 1. The first-order valence-corrected chi connectivity index (χ1v) is 8.94. The van der Waals surface area contributed by atoms with E-state index in [1.54, 1.807) is 0 Å². The summed E-state index contributed by atoms with van der Waals surface area (Å²) in [6.07, 6.45) is -1.58. The molecule has 0 aliphatic heterocycles. The van der Waals surface area contributed by atoms with Crippen molar-refractivity contribution in [3.8, 4) is 5.75 Å². The van der Waals surface area contributed by atoms with Gasteiger partial charge in [0.1, 0.15) is 16.7 Å². The van der Waals surface area contributed by atoms with Gasteiger partial charge in [-0.15, -0.1) is 0 Å². The van der Waals surface area contributed by atoms with Crippen molar-refractivity contribution < 1.29 is 14.6 Å². The Labute approximate surface area is 159 Å². The number of aliphatic hydroxyl groups excluding tert-OH is 1. The predicted octanol–water partition coefficient (Wildman–Crippen LogP) is 2.48. The lowest BCUT2D eigenvalue weighted by Gasteiger charge is -2.19. The van der Waals surface area contributed by atoms with Crippen LogP contribution in [0, 0.1) is 0 Å². The van der Waals surface area contributed by atoms with Gasteiger partial charge in [-0.05, 0) is 12.1 Å². The molecule has 23 heavy (non-hydrogen) atoms. The first-order chi connectivity index (χ1) is 10.8. The van der Waals surface area contributed by atoms with Gasteiger partial charge in [-0.25, -0.2) is 0 Å². The lowest BCUT2D eigenvalue weighted by atomic mass is 10.3. The Morgan fingerprint density at radius 3 is 2.61 bits per heavy atom. The summed E-state index contributed by atoms with van der Waals surface area (Å²) in [5, 5.41) is 14.5. The number of nitrogens with one attached hydrogen (secondary N) is 2. The molecule has 1 aromatic rings. The third-order valence-electron chi connectivity index (χ3n) is 2.33. The SMILES string of the molecule is O=C(CSC(=S)NCCOc1ccccc1)N[C@H](O)C(Cl)(Cl)Cl. The minimum absolute atomic E-state index is 0.0107. The van der Waals surface area contributed by atoms with Crippen LogP contribution in [-0.2, 0) is 4.79 Å². The van der Waals surface area contributed by atoms with Crippen LogP contribution in [0.3, 0.4) is 0 Å². The minimum Gasteiger partial charge on any atom is -0.492 e. The molecule has 3 N–H and O–H groups in total. The lowest BCUT2D eigenvalue weighted by molar-refractivity contribution is -0.121. The fourth-order valence-corrected chi connectivity index (χ4v) is 2.29. The summed E-state index contributed by atoms with van der Waals surface area (Å²) in [5.74, 6) is 0.259. The molecular weight excluding hydrogens is 403 g/mol. The molecule has 5 nitrogen and oxygen atoms in total. The Bertz CT molecular complexity index is 515. The van der Waals surface area contributed by atoms with Gasteiger partial charge in [-0.3, -0.25) is 4.79 Å². The van der Waals surface area contributed by atoms with Crippen LogP contribution in [0.4, 0.5) is 0 Å². The van der Waals surface area contributed by atoms with Crippen molar-refractivity contribution in [3.05, 3.63) is 30.3 Å². The maximum atomic E-state index is 11.5. The zero-order valence-corrected chi connectivity index (χ0v) is 15.7. The zero-order chi connectivity index (χ0) is 17.3. The van der Waals surface area contributed by atoms with Crippen LogP contribution in [0.1, 0.15) is 0 Å². The van der Waals surface area contributed by atoms with E-state index in [1.165, 1.54) is 0 Å². The molecule has 0 saturated carbocycles. The highest BCUT2D eigenvalue weighted by Crippen LogP contribution is 2.28. The molecule has 0 aromatic heterocycles. The quantitative estimate of drug-likeness (QED) is 0.274. The number of para-hydroxylation sites is 1. The van der Waals surface area contributed by atoms with E-state index in [0.717, 1.165) is 17.5 Å². The Balaban J connectivity index is 2.13. The number of alkyl halides is 3. The van der Waals surface area contributed by atoms with Crippen molar-refractivity contribution in [1.82, 2.24) is 10.6 Å². The van der Waals surface area contributed by atoms with Crippen molar-refractivity contribution in [1.29, 1.82) is 0 Å². The van der Waals surface area contributed by atoms with Crippen molar-refractivity contribution in [2.24, 2.45) is 0 Å². The smallest absolute Gasteiger partial charge is 0.234 e. The van der Waals surface area contributed by atoms with Gasteiger partial charge in [-0.2, -0.15) is 0 Å². The third kappa shape index (κ3) is 9.44. The maximum absolute atomic E-state index is 11.5. The number of thiocarbonyl (C=S) groups is 1. The summed E-state index contributed by atoms with van der Waals surface area (Å²) in [4.78, 5) is 11.5. The lowest BCUT2D eigenvalue weighted by Crippen LogP contribution is -2.44. The van der Waals surface area contributed by atoms with Crippen LogP contribution in [0.25, 0.3) is 0 Å². The van der Waals surface area contributed by atoms with E-state index < -0.39 is 15.9 Å². The van der Waals surface area contributed by atoms with Crippen molar-refractivity contribution >= 4 is 69.0 Å². The summed E-state index contributed by atoms with van der Waals surface area (Å²) in [6.45, 7) is 0.933. The van der Waals surface area contributed by atoms with Crippen LogP contribution in [0.2, 0.25) is 0 Å². The van der Waals surface area contributed by atoms with Crippen LogP contribution in [0.5, 0.6) is 5.75 Å². The van der Waals surface area contributed by atoms with E-state index in [4.69, 9.17) is 51.8 Å². The summed E-state index contributed by atoms with van der Waals surface area (Å²) in [6, 6.07) is 9.38. The molecule has 1 atom stereocenters. The molecule has 0 spiro atoms. The van der Waals surface area contributed by atoms with Gasteiger partial charge in [0.05, 0.1) is 12.3 Å². The topological polar surface area (TPSA) is 70.6 Å². The number of rotatable bonds is 7. The zero-order valence-electron chi connectivity index (χ0n) is 11.8. The normalized spacial score (nSPS) is 12.3. The first-order valence-electron chi connectivity index (χ1n) is 6.41. The average molecular weight is 418 g/mol. The summed E-state index contributed by atoms with van der Waals surface area (Å²) in [7, 11) is 0. The number of ether oxygens (including phenoxy) is 1.